The van der Waals surface area contributed by atoms with E-state index in [0.717, 1.165) is 25.0 Å². The number of ketones is 1. The molecule has 2 unspecified atom stereocenters. The Hall–Kier alpha value is -0.410. The SMILES string of the molecule is CC(=O)C(C)(C)CN1CCC2C(CCCN2C)C1. The molecule has 0 spiro atoms. The van der Waals surface area contributed by atoms with E-state index in [4.69, 9.17) is 0 Å². The van der Waals surface area contributed by atoms with Crippen LogP contribution >= 0.6 is 0 Å². The van der Waals surface area contributed by atoms with Gasteiger partial charge in [-0.15, -0.1) is 0 Å². The number of hydrogen-bond donors (Lipinski definition) is 0. The van der Waals surface area contributed by atoms with Crippen molar-refractivity contribution in [3.05, 3.63) is 0 Å². The molecule has 0 aliphatic carbocycles. The van der Waals surface area contributed by atoms with Gasteiger partial charge in [0.25, 0.3) is 0 Å². The first-order valence-corrected chi connectivity index (χ1v) is 7.34. The van der Waals surface area contributed by atoms with Gasteiger partial charge >= 0.3 is 0 Å². The Morgan fingerprint density at radius 3 is 2.67 bits per heavy atom. The summed E-state index contributed by atoms with van der Waals surface area (Å²) in [6.45, 7) is 10.4. The van der Waals surface area contributed by atoms with E-state index in [1.807, 2.05) is 0 Å². The molecule has 18 heavy (non-hydrogen) atoms. The van der Waals surface area contributed by atoms with Crippen molar-refractivity contribution in [1.29, 1.82) is 0 Å². The molecule has 0 radical (unpaired) electrons. The summed E-state index contributed by atoms with van der Waals surface area (Å²) in [5.41, 5.74) is -0.187. The van der Waals surface area contributed by atoms with Gasteiger partial charge in [-0.3, -0.25) is 4.79 Å². The van der Waals surface area contributed by atoms with Gasteiger partial charge in [-0.2, -0.15) is 0 Å². The summed E-state index contributed by atoms with van der Waals surface area (Å²) >= 11 is 0. The summed E-state index contributed by atoms with van der Waals surface area (Å²) in [6.07, 6.45) is 3.97. The minimum absolute atomic E-state index is 0.187. The highest BCUT2D eigenvalue weighted by Crippen LogP contribution is 2.31. The summed E-state index contributed by atoms with van der Waals surface area (Å²) in [4.78, 5) is 16.7. The van der Waals surface area contributed by atoms with E-state index < -0.39 is 0 Å². The predicted octanol–water partition coefficient (Wildman–Crippen LogP) is 2.02. The van der Waals surface area contributed by atoms with Gasteiger partial charge in [0.1, 0.15) is 5.78 Å². The molecule has 3 nitrogen and oxygen atoms in total. The van der Waals surface area contributed by atoms with Crippen molar-refractivity contribution in [2.24, 2.45) is 11.3 Å². The molecule has 2 aliphatic rings. The smallest absolute Gasteiger partial charge is 0.136 e. The van der Waals surface area contributed by atoms with Crippen molar-refractivity contribution in [2.75, 3.05) is 33.2 Å². The number of fused-ring (bicyclic) bond motifs is 1. The standard InChI is InChI=1S/C15H28N2O/c1-12(18)15(2,3)11-17-9-7-14-13(10-17)6-5-8-16(14)4/h13-14H,5-11H2,1-4H3. The molecule has 2 aliphatic heterocycles. The van der Waals surface area contributed by atoms with Crippen molar-refractivity contribution in [3.63, 3.8) is 0 Å². The maximum atomic E-state index is 11.6. The van der Waals surface area contributed by atoms with Crippen LogP contribution in [0.5, 0.6) is 0 Å². The Morgan fingerprint density at radius 1 is 1.28 bits per heavy atom. The van der Waals surface area contributed by atoms with Gasteiger partial charge in [0.05, 0.1) is 0 Å². The van der Waals surface area contributed by atoms with Crippen molar-refractivity contribution in [2.45, 2.75) is 46.1 Å². The van der Waals surface area contributed by atoms with E-state index in [1.54, 1.807) is 6.92 Å². The fourth-order valence-corrected chi connectivity index (χ4v) is 3.54. The van der Waals surface area contributed by atoms with E-state index in [2.05, 4.69) is 30.7 Å². The van der Waals surface area contributed by atoms with Crippen molar-refractivity contribution in [3.8, 4) is 0 Å². The number of likely N-dealkylation sites (tertiary alicyclic amines) is 2. The number of carbonyl (C=O) groups excluding carboxylic acids is 1. The first-order chi connectivity index (χ1) is 8.40. The van der Waals surface area contributed by atoms with Gasteiger partial charge in [0.2, 0.25) is 0 Å². The quantitative estimate of drug-likeness (QED) is 0.768. The van der Waals surface area contributed by atoms with E-state index >= 15 is 0 Å². The molecule has 2 atom stereocenters. The summed E-state index contributed by atoms with van der Waals surface area (Å²) < 4.78 is 0. The van der Waals surface area contributed by atoms with Crippen LogP contribution in [-0.2, 0) is 4.79 Å². The first kappa shape index (κ1) is 14.0. The van der Waals surface area contributed by atoms with Crippen molar-refractivity contribution in [1.82, 2.24) is 9.80 Å². The zero-order valence-corrected chi connectivity index (χ0v) is 12.4. The molecule has 0 aromatic heterocycles. The number of nitrogens with zero attached hydrogens (tertiary/aromatic N) is 2. The molecule has 2 saturated heterocycles. The third-order valence-electron chi connectivity index (χ3n) is 5.00. The lowest BCUT2D eigenvalue weighted by Crippen LogP contribution is -2.54. The van der Waals surface area contributed by atoms with Crippen molar-refractivity contribution < 1.29 is 4.79 Å². The largest absolute Gasteiger partial charge is 0.303 e. The number of piperidine rings is 2. The number of hydrogen-bond acceptors (Lipinski definition) is 3. The Bertz CT molecular complexity index is 314. The van der Waals surface area contributed by atoms with Crippen LogP contribution < -0.4 is 0 Å². The zero-order valence-electron chi connectivity index (χ0n) is 12.4. The Labute approximate surface area is 112 Å². The van der Waals surface area contributed by atoms with Crippen LogP contribution in [0.15, 0.2) is 0 Å². The van der Waals surface area contributed by atoms with Crippen LogP contribution in [0.25, 0.3) is 0 Å². The third-order valence-corrected chi connectivity index (χ3v) is 5.00. The fourth-order valence-electron chi connectivity index (χ4n) is 3.54. The summed E-state index contributed by atoms with van der Waals surface area (Å²) in [5, 5.41) is 0. The molecule has 0 aromatic carbocycles. The molecule has 0 saturated carbocycles. The summed E-state index contributed by atoms with van der Waals surface area (Å²) in [6, 6.07) is 0.787. The van der Waals surface area contributed by atoms with Gasteiger partial charge in [-0.05, 0) is 52.2 Å². The maximum absolute atomic E-state index is 11.6. The molecule has 3 heteroatoms. The lowest BCUT2D eigenvalue weighted by atomic mass is 9.82. The Balaban J connectivity index is 1.93. The monoisotopic (exact) mass is 252 g/mol. The second kappa shape index (κ2) is 5.30. The fraction of sp³-hybridized carbons (Fsp3) is 0.933. The van der Waals surface area contributed by atoms with Gasteiger partial charge < -0.3 is 9.80 Å². The second-order valence-electron chi connectivity index (χ2n) is 6.91. The maximum Gasteiger partial charge on any atom is 0.136 e. The minimum Gasteiger partial charge on any atom is -0.303 e. The number of rotatable bonds is 3. The first-order valence-electron chi connectivity index (χ1n) is 7.34. The Kier molecular flexibility index (Phi) is 4.12. The van der Waals surface area contributed by atoms with Crippen LogP contribution in [0, 0.1) is 11.3 Å². The predicted molar refractivity (Wildman–Crippen MR) is 74.7 cm³/mol. The molecule has 2 fully saturated rings. The van der Waals surface area contributed by atoms with E-state index in [-0.39, 0.29) is 5.41 Å². The van der Waals surface area contributed by atoms with E-state index in [0.29, 0.717) is 5.78 Å². The highest BCUT2D eigenvalue weighted by Gasteiger charge is 2.36. The summed E-state index contributed by atoms with van der Waals surface area (Å²) in [5.74, 6) is 1.13. The lowest BCUT2D eigenvalue weighted by Gasteiger charge is -2.47. The Morgan fingerprint density at radius 2 is 2.00 bits per heavy atom. The number of Topliss-reactive ketones (excluding diaryl/α,β-unsaturated/α-hetero) is 1. The summed E-state index contributed by atoms with van der Waals surface area (Å²) in [7, 11) is 2.27. The molecule has 0 N–H and O–H groups in total. The highest BCUT2D eigenvalue weighted by molar-refractivity contribution is 5.81. The third kappa shape index (κ3) is 2.94. The molecular formula is C15H28N2O. The molecule has 2 rings (SSSR count). The van der Waals surface area contributed by atoms with Crippen LogP contribution in [0.1, 0.15) is 40.0 Å². The van der Waals surface area contributed by atoms with Crippen LogP contribution in [0.4, 0.5) is 0 Å². The molecule has 0 aromatic rings. The second-order valence-corrected chi connectivity index (χ2v) is 6.91. The highest BCUT2D eigenvalue weighted by atomic mass is 16.1. The average Bonchev–Trinajstić information content (AvgIpc) is 2.28. The van der Waals surface area contributed by atoms with E-state index in [9.17, 15) is 4.79 Å². The zero-order chi connectivity index (χ0) is 13.3. The van der Waals surface area contributed by atoms with Crippen LogP contribution in [0.3, 0.4) is 0 Å². The molecule has 0 bridgehead atoms. The molecule has 104 valence electrons. The van der Waals surface area contributed by atoms with Gasteiger partial charge in [-0.1, -0.05) is 13.8 Å². The normalized spacial score (nSPS) is 31.1. The topological polar surface area (TPSA) is 23.6 Å². The molecular weight excluding hydrogens is 224 g/mol. The minimum atomic E-state index is -0.187. The van der Waals surface area contributed by atoms with Gasteiger partial charge in [0.15, 0.2) is 0 Å². The van der Waals surface area contributed by atoms with Gasteiger partial charge in [0, 0.05) is 24.5 Å². The lowest BCUT2D eigenvalue weighted by molar-refractivity contribution is -0.126. The molecule has 0 amide bonds. The van der Waals surface area contributed by atoms with Crippen molar-refractivity contribution >= 4 is 5.78 Å². The van der Waals surface area contributed by atoms with Crippen LogP contribution in [-0.4, -0.2) is 54.9 Å². The van der Waals surface area contributed by atoms with Gasteiger partial charge in [-0.25, -0.2) is 0 Å². The molecule has 2 heterocycles. The van der Waals surface area contributed by atoms with E-state index in [1.165, 1.54) is 32.4 Å². The average molecular weight is 252 g/mol. The van der Waals surface area contributed by atoms with Crippen LogP contribution in [0.2, 0.25) is 0 Å². The number of carbonyl (C=O) groups is 1.